The standard InChI is InChI=1S/C21H22N2O5/c24-18(25)12-22-16(13-6-1-2-7-13)10-5-11-17(21(22)28)23-19(26)14-8-3-4-9-15(14)20(23)27/h1,3-4,6,8-9,13,16-17H,2,5,7,10-12H2,(H,24,25)/t13?,16?,17-/m0/s1. The van der Waals surface area contributed by atoms with Crippen molar-refractivity contribution in [2.45, 2.75) is 44.2 Å². The van der Waals surface area contributed by atoms with Crippen molar-refractivity contribution in [3.63, 3.8) is 0 Å². The molecule has 3 atom stereocenters. The number of hydrogen-bond donors (Lipinski definition) is 1. The lowest BCUT2D eigenvalue weighted by atomic mass is 9.94. The third-order valence-electron chi connectivity index (χ3n) is 5.93. The van der Waals surface area contributed by atoms with Crippen molar-refractivity contribution in [3.05, 3.63) is 47.5 Å². The number of fused-ring (bicyclic) bond motifs is 1. The molecule has 2 heterocycles. The van der Waals surface area contributed by atoms with Gasteiger partial charge in [0.25, 0.3) is 11.8 Å². The molecule has 0 saturated carbocycles. The van der Waals surface area contributed by atoms with E-state index >= 15 is 0 Å². The summed E-state index contributed by atoms with van der Waals surface area (Å²) in [5.41, 5.74) is 0.592. The third-order valence-corrected chi connectivity index (χ3v) is 5.93. The van der Waals surface area contributed by atoms with Gasteiger partial charge in [0.1, 0.15) is 12.6 Å². The van der Waals surface area contributed by atoms with E-state index in [1.165, 1.54) is 4.90 Å². The van der Waals surface area contributed by atoms with Crippen molar-refractivity contribution in [1.29, 1.82) is 0 Å². The maximum atomic E-state index is 13.4. The molecule has 1 aliphatic carbocycles. The van der Waals surface area contributed by atoms with E-state index in [0.717, 1.165) is 17.7 Å². The summed E-state index contributed by atoms with van der Waals surface area (Å²) >= 11 is 0. The highest BCUT2D eigenvalue weighted by Gasteiger charge is 2.46. The van der Waals surface area contributed by atoms with E-state index in [2.05, 4.69) is 12.2 Å². The fourth-order valence-electron chi connectivity index (χ4n) is 4.65. The van der Waals surface area contributed by atoms with Gasteiger partial charge < -0.3 is 10.0 Å². The molecule has 7 heteroatoms. The molecule has 2 unspecified atom stereocenters. The first kappa shape index (κ1) is 18.4. The van der Waals surface area contributed by atoms with Crippen LogP contribution in [0.15, 0.2) is 36.4 Å². The van der Waals surface area contributed by atoms with E-state index in [-0.39, 0.29) is 12.0 Å². The topological polar surface area (TPSA) is 95.0 Å². The van der Waals surface area contributed by atoms with Gasteiger partial charge in [-0.25, -0.2) is 0 Å². The Morgan fingerprint density at radius 3 is 2.29 bits per heavy atom. The first-order valence-corrected chi connectivity index (χ1v) is 9.65. The van der Waals surface area contributed by atoms with Crippen molar-refractivity contribution < 1.29 is 24.3 Å². The molecule has 3 aliphatic rings. The number of rotatable bonds is 4. The fraction of sp³-hybridized carbons (Fsp3) is 0.429. The predicted octanol–water partition coefficient (Wildman–Crippen LogP) is 2.08. The van der Waals surface area contributed by atoms with Crippen LogP contribution in [0, 0.1) is 5.92 Å². The molecule has 1 saturated heterocycles. The Balaban J connectivity index is 1.66. The van der Waals surface area contributed by atoms with Crippen molar-refractivity contribution in [2.24, 2.45) is 5.92 Å². The van der Waals surface area contributed by atoms with Gasteiger partial charge in [0, 0.05) is 6.04 Å². The maximum absolute atomic E-state index is 13.4. The number of imide groups is 1. The van der Waals surface area contributed by atoms with Crippen LogP contribution >= 0.6 is 0 Å². The quantitative estimate of drug-likeness (QED) is 0.635. The highest BCUT2D eigenvalue weighted by atomic mass is 16.4. The lowest BCUT2D eigenvalue weighted by molar-refractivity contribution is -0.148. The Morgan fingerprint density at radius 2 is 1.71 bits per heavy atom. The number of hydrogen-bond acceptors (Lipinski definition) is 4. The summed E-state index contributed by atoms with van der Waals surface area (Å²) in [4.78, 5) is 52.9. The number of carbonyl (C=O) groups is 4. The van der Waals surface area contributed by atoms with E-state index in [1.54, 1.807) is 24.3 Å². The molecule has 0 aromatic heterocycles. The highest BCUT2D eigenvalue weighted by molar-refractivity contribution is 6.22. The van der Waals surface area contributed by atoms with Crippen molar-refractivity contribution >= 4 is 23.7 Å². The van der Waals surface area contributed by atoms with Gasteiger partial charge in [-0.2, -0.15) is 0 Å². The van der Waals surface area contributed by atoms with Crippen LogP contribution in [-0.4, -0.2) is 57.2 Å². The Morgan fingerprint density at radius 1 is 1.04 bits per heavy atom. The van der Waals surface area contributed by atoms with E-state index in [1.807, 2.05) is 0 Å². The van der Waals surface area contributed by atoms with Gasteiger partial charge in [-0.15, -0.1) is 0 Å². The Kier molecular flexibility index (Phi) is 4.75. The monoisotopic (exact) mass is 382 g/mol. The molecule has 1 aromatic carbocycles. The van der Waals surface area contributed by atoms with Crippen LogP contribution in [-0.2, 0) is 9.59 Å². The third kappa shape index (κ3) is 3.00. The zero-order valence-electron chi connectivity index (χ0n) is 15.4. The molecule has 7 nitrogen and oxygen atoms in total. The van der Waals surface area contributed by atoms with Crippen molar-refractivity contribution in [3.8, 4) is 0 Å². The zero-order chi connectivity index (χ0) is 19.8. The fourth-order valence-corrected chi connectivity index (χ4v) is 4.65. The first-order chi connectivity index (χ1) is 13.5. The van der Waals surface area contributed by atoms with Crippen LogP contribution in [0.3, 0.4) is 0 Å². The Bertz CT molecular complexity index is 842. The number of amides is 3. The Hall–Kier alpha value is -2.96. The molecule has 4 rings (SSSR count). The van der Waals surface area contributed by atoms with Crippen LogP contribution in [0.2, 0.25) is 0 Å². The number of carboxylic acids is 1. The molecular formula is C21H22N2O5. The molecule has 146 valence electrons. The number of benzene rings is 1. The summed E-state index contributed by atoms with van der Waals surface area (Å²) < 4.78 is 0. The highest BCUT2D eigenvalue weighted by Crippen LogP contribution is 2.34. The summed E-state index contributed by atoms with van der Waals surface area (Å²) in [5, 5.41) is 9.37. The van der Waals surface area contributed by atoms with E-state index < -0.39 is 36.3 Å². The van der Waals surface area contributed by atoms with Gasteiger partial charge in [0.2, 0.25) is 5.91 Å². The van der Waals surface area contributed by atoms with Crippen LogP contribution in [0.1, 0.15) is 52.8 Å². The number of aliphatic carboxylic acids is 1. The first-order valence-electron chi connectivity index (χ1n) is 9.65. The number of allylic oxidation sites excluding steroid dienone is 1. The van der Waals surface area contributed by atoms with Crippen LogP contribution in [0.4, 0.5) is 0 Å². The van der Waals surface area contributed by atoms with E-state index in [0.29, 0.717) is 30.4 Å². The summed E-state index contributed by atoms with van der Waals surface area (Å²) in [5.74, 6) is -2.38. The second kappa shape index (κ2) is 7.22. The van der Waals surface area contributed by atoms with Crippen LogP contribution < -0.4 is 0 Å². The van der Waals surface area contributed by atoms with E-state index in [4.69, 9.17) is 0 Å². The molecule has 1 aromatic rings. The molecule has 1 fully saturated rings. The number of carbonyl (C=O) groups excluding carboxylic acids is 3. The minimum absolute atomic E-state index is 0.115. The van der Waals surface area contributed by atoms with Gasteiger partial charge in [-0.3, -0.25) is 24.1 Å². The molecule has 3 amide bonds. The molecule has 0 spiro atoms. The number of likely N-dealkylation sites (tertiary alicyclic amines) is 1. The predicted molar refractivity (Wildman–Crippen MR) is 99.6 cm³/mol. The Labute approximate surface area is 162 Å². The van der Waals surface area contributed by atoms with Crippen LogP contribution in [0.5, 0.6) is 0 Å². The zero-order valence-corrected chi connectivity index (χ0v) is 15.4. The van der Waals surface area contributed by atoms with Gasteiger partial charge in [0.05, 0.1) is 11.1 Å². The summed E-state index contributed by atoms with van der Waals surface area (Å²) in [7, 11) is 0. The number of nitrogens with zero attached hydrogens (tertiary/aromatic N) is 2. The average molecular weight is 382 g/mol. The van der Waals surface area contributed by atoms with E-state index in [9.17, 15) is 24.3 Å². The largest absolute Gasteiger partial charge is 0.480 e. The van der Waals surface area contributed by atoms with Gasteiger partial charge in [-0.05, 0) is 50.2 Å². The summed E-state index contributed by atoms with van der Waals surface area (Å²) in [6, 6.07) is 5.35. The average Bonchev–Trinajstić information content (AvgIpc) is 3.25. The normalized spacial score (nSPS) is 27.3. The van der Waals surface area contributed by atoms with Crippen LogP contribution in [0.25, 0.3) is 0 Å². The maximum Gasteiger partial charge on any atom is 0.323 e. The second-order valence-corrected chi connectivity index (χ2v) is 7.57. The molecule has 28 heavy (non-hydrogen) atoms. The van der Waals surface area contributed by atoms with Crippen molar-refractivity contribution in [2.75, 3.05) is 6.54 Å². The molecule has 0 bridgehead atoms. The lowest BCUT2D eigenvalue weighted by Gasteiger charge is -2.35. The molecule has 0 radical (unpaired) electrons. The summed E-state index contributed by atoms with van der Waals surface area (Å²) in [6.45, 7) is -0.423. The smallest absolute Gasteiger partial charge is 0.323 e. The molecular weight excluding hydrogens is 360 g/mol. The SMILES string of the molecule is O=C(O)CN1C(=O)[C@@H](N2C(=O)c3ccccc3C2=O)CCCC1C1C=CCC1. The van der Waals surface area contributed by atoms with Gasteiger partial charge in [-0.1, -0.05) is 24.3 Å². The minimum atomic E-state index is -1.09. The second-order valence-electron chi connectivity index (χ2n) is 7.57. The summed E-state index contributed by atoms with van der Waals surface area (Å²) in [6.07, 6.45) is 7.57. The molecule has 2 aliphatic heterocycles. The number of carboxylic acid groups (broad SMARTS) is 1. The minimum Gasteiger partial charge on any atom is -0.480 e. The van der Waals surface area contributed by atoms with Crippen molar-refractivity contribution in [1.82, 2.24) is 9.80 Å². The van der Waals surface area contributed by atoms with Gasteiger partial charge in [0.15, 0.2) is 0 Å². The van der Waals surface area contributed by atoms with Gasteiger partial charge >= 0.3 is 5.97 Å². The molecule has 1 N–H and O–H groups in total. The lowest BCUT2D eigenvalue weighted by Crippen LogP contribution is -2.54.